The summed E-state index contributed by atoms with van der Waals surface area (Å²) in [6.45, 7) is 0.725. The number of hydrogen-bond donors (Lipinski definition) is 1. The molecular weight excluding hydrogens is 538 g/mol. The number of benzene rings is 1. The molecule has 43 heavy (non-hydrogen) atoms. The Morgan fingerprint density at radius 1 is 0.884 bits per heavy atom. The van der Waals surface area contributed by atoms with Crippen LogP contribution in [0.5, 0.6) is 0 Å². The third-order valence-corrected chi connectivity index (χ3v) is 9.93. The van der Waals surface area contributed by atoms with Crippen molar-refractivity contribution in [1.29, 1.82) is 0 Å². The monoisotopic (exact) mass is 583 g/mol. The zero-order valence-electron chi connectivity index (χ0n) is 25.6. The van der Waals surface area contributed by atoms with Crippen molar-refractivity contribution in [3.05, 3.63) is 60.6 Å². The van der Waals surface area contributed by atoms with E-state index in [1.807, 2.05) is 31.4 Å². The lowest BCUT2D eigenvalue weighted by Gasteiger charge is -2.36. The second kappa shape index (κ2) is 12.9. The largest absolute Gasteiger partial charge is 0.481 e. The fraction of sp³-hybridized carbons (Fsp3) is 0.543. The molecule has 228 valence electrons. The number of amides is 1. The first-order chi connectivity index (χ1) is 20.8. The molecule has 1 amide bonds. The molecule has 6 rings (SSSR count). The van der Waals surface area contributed by atoms with Crippen molar-refractivity contribution >= 4 is 23.4 Å². The summed E-state index contributed by atoms with van der Waals surface area (Å²) in [5, 5.41) is 13.8. The number of pyridine rings is 1. The van der Waals surface area contributed by atoms with Gasteiger partial charge in [-0.3, -0.25) is 14.3 Å². The van der Waals surface area contributed by atoms with Crippen molar-refractivity contribution in [3.8, 4) is 11.1 Å². The van der Waals surface area contributed by atoms with Gasteiger partial charge >= 0.3 is 5.97 Å². The average molecular weight is 584 g/mol. The van der Waals surface area contributed by atoms with Gasteiger partial charge in [0.05, 0.1) is 12.2 Å². The van der Waals surface area contributed by atoms with Crippen molar-refractivity contribution in [2.45, 2.75) is 82.6 Å². The van der Waals surface area contributed by atoms with Crippen molar-refractivity contribution in [3.63, 3.8) is 0 Å². The van der Waals surface area contributed by atoms with Gasteiger partial charge in [0.25, 0.3) is 0 Å². The van der Waals surface area contributed by atoms with Gasteiger partial charge in [0, 0.05) is 56.6 Å². The quantitative estimate of drug-likeness (QED) is 0.278. The molecule has 1 N–H and O–H groups in total. The number of carbonyl (C=O) groups excluding carboxylic acids is 1. The summed E-state index contributed by atoms with van der Waals surface area (Å²) in [6, 6.07) is 13.3. The van der Waals surface area contributed by atoms with E-state index in [4.69, 9.17) is 0 Å². The Kier molecular flexibility index (Phi) is 8.82. The van der Waals surface area contributed by atoms with Crippen molar-refractivity contribution in [1.82, 2.24) is 14.8 Å². The van der Waals surface area contributed by atoms with E-state index in [0.717, 1.165) is 80.5 Å². The van der Waals surface area contributed by atoms with Crippen LogP contribution in [0.25, 0.3) is 11.1 Å². The van der Waals surface area contributed by atoms with E-state index in [2.05, 4.69) is 62.3 Å². The van der Waals surface area contributed by atoms with E-state index < -0.39 is 5.97 Å². The Hall–Kier alpha value is -3.68. The number of carbonyl (C=O) groups is 2. The second-order valence-corrected chi connectivity index (χ2v) is 13.3. The first kappa shape index (κ1) is 29.4. The average Bonchev–Trinajstić information content (AvgIpc) is 3.76. The molecule has 0 unspecified atom stereocenters. The van der Waals surface area contributed by atoms with Gasteiger partial charge in [-0.05, 0) is 111 Å². The summed E-state index contributed by atoms with van der Waals surface area (Å²) in [5.41, 5.74) is 4.45. The van der Waals surface area contributed by atoms with E-state index >= 15 is 0 Å². The number of aliphatic carboxylic acids is 1. The summed E-state index contributed by atoms with van der Waals surface area (Å²) < 4.78 is 2.07. The van der Waals surface area contributed by atoms with Crippen LogP contribution in [0.2, 0.25) is 0 Å². The summed E-state index contributed by atoms with van der Waals surface area (Å²) in [5.74, 6) is 1.52. The molecule has 2 heterocycles. The van der Waals surface area contributed by atoms with Gasteiger partial charge in [-0.15, -0.1) is 0 Å². The van der Waals surface area contributed by atoms with Gasteiger partial charge in [-0.1, -0.05) is 18.2 Å². The molecule has 0 bridgehead atoms. The number of carboxylic acid groups (broad SMARTS) is 1. The Balaban J connectivity index is 1.17. The van der Waals surface area contributed by atoms with Crippen LogP contribution in [-0.4, -0.2) is 52.4 Å². The highest BCUT2D eigenvalue weighted by atomic mass is 16.4. The lowest BCUT2D eigenvalue weighted by molar-refractivity contribution is -0.138. The number of carboxylic acids is 1. The summed E-state index contributed by atoms with van der Waals surface area (Å²) in [7, 11) is 4.03. The highest BCUT2D eigenvalue weighted by Crippen LogP contribution is 2.39. The number of hydrogen-bond acceptors (Lipinski definition) is 5. The predicted octanol–water partition coefficient (Wildman–Crippen LogP) is 6.93. The molecule has 3 aliphatic carbocycles. The van der Waals surface area contributed by atoms with Crippen LogP contribution in [0.1, 0.15) is 88.2 Å². The molecule has 0 radical (unpaired) electrons. The molecule has 0 saturated heterocycles. The van der Waals surface area contributed by atoms with Crippen LogP contribution in [0.3, 0.4) is 0 Å². The molecule has 1 aromatic carbocycles. The number of nitrogens with zero attached hydrogens (tertiary/aromatic N) is 5. The molecule has 0 atom stereocenters. The minimum Gasteiger partial charge on any atom is -0.481 e. The molecule has 8 nitrogen and oxygen atoms in total. The molecule has 3 aromatic rings. The van der Waals surface area contributed by atoms with E-state index in [9.17, 15) is 14.7 Å². The highest BCUT2D eigenvalue weighted by Gasteiger charge is 2.33. The maximum atomic E-state index is 14.2. The molecule has 3 aliphatic rings. The Labute approximate surface area is 255 Å². The molecule has 2 aromatic heterocycles. The lowest BCUT2D eigenvalue weighted by atomic mass is 9.78. The fourth-order valence-corrected chi connectivity index (χ4v) is 7.12. The topological polar surface area (TPSA) is 91.6 Å². The first-order valence-electron chi connectivity index (χ1n) is 16.1. The highest BCUT2D eigenvalue weighted by molar-refractivity contribution is 5.95. The minimum absolute atomic E-state index is 0.0519. The van der Waals surface area contributed by atoms with Gasteiger partial charge in [0.15, 0.2) is 0 Å². The zero-order valence-corrected chi connectivity index (χ0v) is 25.6. The molecular formula is C35H45N5O3. The Morgan fingerprint density at radius 3 is 2.28 bits per heavy atom. The number of anilines is 2. The Morgan fingerprint density at radius 2 is 1.63 bits per heavy atom. The van der Waals surface area contributed by atoms with Crippen LogP contribution < -0.4 is 9.80 Å². The number of rotatable bonds is 10. The van der Waals surface area contributed by atoms with Gasteiger partial charge in [0.2, 0.25) is 5.91 Å². The maximum absolute atomic E-state index is 14.2. The predicted molar refractivity (Wildman–Crippen MR) is 169 cm³/mol. The normalized spacial score (nSPS) is 24.0. The summed E-state index contributed by atoms with van der Waals surface area (Å²) in [6.07, 6.45) is 16.2. The lowest BCUT2D eigenvalue weighted by Crippen LogP contribution is -2.41. The van der Waals surface area contributed by atoms with Gasteiger partial charge in [-0.25, -0.2) is 4.98 Å². The van der Waals surface area contributed by atoms with E-state index in [1.165, 1.54) is 18.4 Å². The van der Waals surface area contributed by atoms with E-state index in [1.54, 1.807) is 0 Å². The summed E-state index contributed by atoms with van der Waals surface area (Å²) >= 11 is 0. The molecule has 0 aliphatic heterocycles. The zero-order chi connectivity index (χ0) is 29.9. The van der Waals surface area contributed by atoms with E-state index in [0.29, 0.717) is 17.9 Å². The van der Waals surface area contributed by atoms with Gasteiger partial charge in [0.1, 0.15) is 5.82 Å². The van der Waals surface area contributed by atoms with Crippen LogP contribution in [-0.2, 0) is 9.59 Å². The smallest absolute Gasteiger partial charge is 0.303 e. The van der Waals surface area contributed by atoms with Crippen LogP contribution in [0, 0.1) is 17.8 Å². The van der Waals surface area contributed by atoms with Crippen LogP contribution in [0.4, 0.5) is 11.5 Å². The van der Waals surface area contributed by atoms with Crippen molar-refractivity contribution in [2.75, 3.05) is 30.4 Å². The SMILES string of the molecule is CN(C)c1ccc([C@H]2CC[C@H](CN(c3cccc(-c4cnn(C5CC5)c4)c3)C(=O)[C@H]3CC[C@H](CC(=O)O)CC3)CC2)cn1. The van der Waals surface area contributed by atoms with Crippen molar-refractivity contribution < 1.29 is 14.7 Å². The number of aromatic nitrogens is 3. The summed E-state index contributed by atoms with van der Waals surface area (Å²) in [4.78, 5) is 34.2. The van der Waals surface area contributed by atoms with E-state index in [-0.39, 0.29) is 24.2 Å². The van der Waals surface area contributed by atoms with Crippen molar-refractivity contribution in [2.24, 2.45) is 17.8 Å². The molecule has 0 spiro atoms. The fourth-order valence-electron chi connectivity index (χ4n) is 7.12. The molecule has 3 fully saturated rings. The Bertz CT molecular complexity index is 1400. The first-order valence-corrected chi connectivity index (χ1v) is 16.1. The standard InChI is InChI=1S/C35H45N5O3/c1-38(2)33-17-14-29(20-36-33)26-10-8-25(9-11-26)22-39(35(43)27-12-6-24(7-13-27)18-34(41)42)32-5-3-4-28(19-32)30-21-37-40(23-30)31-15-16-31/h3-5,14,17,19-21,23-27,31H,6-13,15-16,18,22H2,1-2H3,(H,41,42)/t24-,25-,26-,27-. The van der Waals surface area contributed by atoms with Crippen LogP contribution in [0.15, 0.2) is 55.0 Å². The van der Waals surface area contributed by atoms with Gasteiger partial charge < -0.3 is 14.9 Å². The second-order valence-electron chi connectivity index (χ2n) is 13.3. The molecule has 3 saturated carbocycles. The molecule has 8 heteroatoms. The maximum Gasteiger partial charge on any atom is 0.303 e. The van der Waals surface area contributed by atoms with Gasteiger partial charge in [-0.2, -0.15) is 5.10 Å². The third kappa shape index (κ3) is 7.11. The third-order valence-electron chi connectivity index (χ3n) is 9.93. The minimum atomic E-state index is -0.738. The van der Waals surface area contributed by atoms with Crippen LogP contribution >= 0.6 is 0 Å².